The minimum atomic E-state index is 0.793. The highest BCUT2D eigenvalue weighted by atomic mass is 15.2. The van der Waals surface area contributed by atoms with Gasteiger partial charge in [-0.25, -0.2) is 0 Å². The minimum absolute atomic E-state index is 0.793. The molecule has 2 heterocycles. The average Bonchev–Trinajstić information content (AvgIpc) is 2.55. The number of anilines is 1. The number of hydrogen-bond donors (Lipinski definition) is 0. The zero-order valence-electron chi connectivity index (χ0n) is 13.0. The molecule has 1 nitrogen and oxygen atoms in total. The Morgan fingerprint density at radius 2 is 1.23 bits per heavy atom. The second-order valence-corrected chi connectivity index (χ2v) is 7.51. The maximum Gasteiger partial charge on any atom is 0.0450 e. The van der Waals surface area contributed by atoms with Gasteiger partial charge in [-0.05, 0) is 55.6 Å². The van der Waals surface area contributed by atoms with Crippen LogP contribution in [-0.2, 0) is 0 Å². The summed E-state index contributed by atoms with van der Waals surface area (Å²) in [4.78, 5) is 2.80. The van der Waals surface area contributed by atoms with E-state index in [1.165, 1.54) is 48.9 Å². The first kappa shape index (κ1) is 12.8. The molecule has 2 aromatic rings. The molecule has 0 N–H and O–H groups in total. The summed E-state index contributed by atoms with van der Waals surface area (Å²) in [6.07, 6.45) is 7.22. The summed E-state index contributed by atoms with van der Waals surface area (Å²) in [6.45, 7) is 0. The van der Waals surface area contributed by atoms with Crippen molar-refractivity contribution >= 4 is 5.69 Å². The Bertz CT molecular complexity index is 647. The maximum absolute atomic E-state index is 2.80. The Morgan fingerprint density at radius 3 is 1.91 bits per heavy atom. The van der Waals surface area contributed by atoms with Crippen molar-refractivity contribution in [3.05, 3.63) is 54.6 Å². The van der Waals surface area contributed by atoms with Gasteiger partial charge in [-0.15, -0.1) is 0 Å². The van der Waals surface area contributed by atoms with E-state index in [-0.39, 0.29) is 0 Å². The lowest BCUT2D eigenvalue weighted by atomic mass is 9.63. The summed E-state index contributed by atoms with van der Waals surface area (Å²) in [5.41, 5.74) is 4.24. The fraction of sp³-hybridized carbons (Fsp3) is 0.429. The summed E-state index contributed by atoms with van der Waals surface area (Å²) in [5, 5.41) is 0. The number of para-hydroxylation sites is 1. The van der Waals surface area contributed by atoms with Crippen LogP contribution in [0.2, 0.25) is 0 Å². The molecule has 2 aliphatic carbocycles. The molecule has 2 aliphatic heterocycles. The van der Waals surface area contributed by atoms with Crippen molar-refractivity contribution < 1.29 is 0 Å². The van der Waals surface area contributed by atoms with Gasteiger partial charge in [0.25, 0.3) is 0 Å². The maximum atomic E-state index is 2.80. The van der Waals surface area contributed by atoms with Gasteiger partial charge in [0.05, 0.1) is 0 Å². The van der Waals surface area contributed by atoms with Gasteiger partial charge in [0.2, 0.25) is 0 Å². The second kappa shape index (κ2) is 4.87. The molecule has 4 aliphatic rings. The highest BCUT2D eigenvalue weighted by molar-refractivity contribution is 5.79. The molecular formula is C21H23N. The summed E-state index contributed by atoms with van der Waals surface area (Å²) in [6, 6.07) is 21.5. The standard InChI is InChI=1S/C21H23N/c1-2-6-17(7-3-1)20-8-4-5-9-21(20)22-18-11-15-10-16(13-18)14-19(22)12-15/h1-9,15-16,18-19H,10-14H2. The monoisotopic (exact) mass is 289 g/mol. The van der Waals surface area contributed by atoms with Crippen molar-refractivity contribution in [1.29, 1.82) is 0 Å². The van der Waals surface area contributed by atoms with Crippen LogP contribution in [0.3, 0.4) is 0 Å². The van der Waals surface area contributed by atoms with Crippen LogP contribution in [0.5, 0.6) is 0 Å². The molecule has 2 saturated heterocycles. The summed E-state index contributed by atoms with van der Waals surface area (Å²) in [7, 11) is 0. The predicted molar refractivity (Wildman–Crippen MR) is 92.0 cm³/mol. The van der Waals surface area contributed by atoms with E-state index >= 15 is 0 Å². The van der Waals surface area contributed by atoms with Crippen LogP contribution in [0.25, 0.3) is 11.1 Å². The van der Waals surface area contributed by atoms with E-state index in [2.05, 4.69) is 59.5 Å². The zero-order chi connectivity index (χ0) is 14.5. The highest BCUT2D eigenvalue weighted by Crippen LogP contribution is 2.51. The fourth-order valence-electron chi connectivity index (χ4n) is 5.49. The first-order valence-electron chi connectivity index (χ1n) is 8.81. The summed E-state index contributed by atoms with van der Waals surface area (Å²) >= 11 is 0. The lowest BCUT2D eigenvalue weighted by Crippen LogP contribution is -2.58. The molecular weight excluding hydrogens is 266 g/mol. The van der Waals surface area contributed by atoms with Crippen LogP contribution >= 0.6 is 0 Å². The van der Waals surface area contributed by atoms with Gasteiger partial charge >= 0.3 is 0 Å². The molecule has 4 fully saturated rings. The van der Waals surface area contributed by atoms with Gasteiger partial charge in [-0.3, -0.25) is 0 Å². The number of piperidine rings is 2. The molecule has 4 bridgehead atoms. The Morgan fingerprint density at radius 1 is 0.636 bits per heavy atom. The number of nitrogens with zero attached hydrogens (tertiary/aromatic N) is 1. The fourth-order valence-corrected chi connectivity index (χ4v) is 5.49. The van der Waals surface area contributed by atoms with Crippen molar-refractivity contribution in [1.82, 2.24) is 0 Å². The normalized spacial score (nSPS) is 32.5. The molecule has 0 amide bonds. The first-order valence-corrected chi connectivity index (χ1v) is 8.81. The zero-order valence-corrected chi connectivity index (χ0v) is 13.0. The van der Waals surface area contributed by atoms with Crippen LogP contribution in [0.15, 0.2) is 54.6 Å². The van der Waals surface area contributed by atoms with Gasteiger partial charge in [-0.2, -0.15) is 0 Å². The average molecular weight is 289 g/mol. The first-order chi connectivity index (χ1) is 10.9. The lowest BCUT2D eigenvalue weighted by Gasteiger charge is -2.57. The third kappa shape index (κ3) is 1.91. The molecule has 112 valence electrons. The van der Waals surface area contributed by atoms with Gasteiger partial charge in [0.1, 0.15) is 0 Å². The second-order valence-electron chi connectivity index (χ2n) is 7.51. The van der Waals surface area contributed by atoms with Gasteiger partial charge in [-0.1, -0.05) is 48.5 Å². The molecule has 0 aromatic heterocycles. The molecule has 0 unspecified atom stereocenters. The Balaban J connectivity index is 1.59. The van der Waals surface area contributed by atoms with Crippen LogP contribution in [-0.4, -0.2) is 12.1 Å². The third-order valence-corrected chi connectivity index (χ3v) is 6.14. The summed E-state index contributed by atoms with van der Waals surface area (Å²) < 4.78 is 0. The molecule has 2 aromatic carbocycles. The van der Waals surface area contributed by atoms with Crippen LogP contribution in [0.4, 0.5) is 5.69 Å². The molecule has 0 radical (unpaired) electrons. The summed E-state index contributed by atoms with van der Waals surface area (Å²) in [5.74, 6) is 2.03. The van der Waals surface area contributed by atoms with Crippen molar-refractivity contribution in [2.75, 3.05) is 4.90 Å². The van der Waals surface area contributed by atoms with E-state index in [0.717, 1.165) is 23.9 Å². The van der Waals surface area contributed by atoms with Crippen LogP contribution < -0.4 is 4.90 Å². The molecule has 22 heavy (non-hydrogen) atoms. The minimum Gasteiger partial charge on any atom is -0.365 e. The van der Waals surface area contributed by atoms with Gasteiger partial charge < -0.3 is 4.90 Å². The largest absolute Gasteiger partial charge is 0.365 e. The number of rotatable bonds is 2. The highest BCUT2D eigenvalue weighted by Gasteiger charge is 2.47. The van der Waals surface area contributed by atoms with E-state index in [9.17, 15) is 0 Å². The quantitative estimate of drug-likeness (QED) is 0.741. The molecule has 0 spiro atoms. The van der Waals surface area contributed by atoms with Crippen molar-refractivity contribution in [2.24, 2.45) is 11.8 Å². The van der Waals surface area contributed by atoms with E-state index < -0.39 is 0 Å². The molecule has 0 atom stereocenters. The number of benzene rings is 2. The van der Waals surface area contributed by atoms with Crippen molar-refractivity contribution in [3.8, 4) is 11.1 Å². The van der Waals surface area contributed by atoms with E-state index in [0.29, 0.717) is 0 Å². The molecule has 6 rings (SSSR count). The molecule has 1 heteroatoms. The van der Waals surface area contributed by atoms with E-state index in [4.69, 9.17) is 0 Å². The molecule has 2 saturated carbocycles. The van der Waals surface area contributed by atoms with Crippen LogP contribution in [0, 0.1) is 11.8 Å². The SMILES string of the molecule is c1ccc(-c2ccccc2N2C3CC4CC(C3)CC2C4)cc1. The smallest absolute Gasteiger partial charge is 0.0450 e. The van der Waals surface area contributed by atoms with E-state index in [1.807, 2.05) is 0 Å². The van der Waals surface area contributed by atoms with Gasteiger partial charge in [0, 0.05) is 23.3 Å². The van der Waals surface area contributed by atoms with Crippen LogP contribution in [0.1, 0.15) is 32.1 Å². The predicted octanol–water partition coefficient (Wildman–Crippen LogP) is 5.12. The topological polar surface area (TPSA) is 3.24 Å². The van der Waals surface area contributed by atoms with Crippen molar-refractivity contribution in [3.63, 3.8) is 0 Å². The Kier molecular flexibility index (Phi) is 2.82. The number of hydrogen-bond acceptors (Lipinski definition) is 1. The third-order valence-electron chi connectivity index (χ3n) is 6.14. The van der Waals surface area contributed by atoms with Gasteiger partial charge in [0.15, 0.2) is 0 Å². The van der Waals surface area contributed by atoms with Crippen molar-refractivity contribution in [2.45, 2.75) is 44.2 Å². The Labute approximate surface area is 133 Å². The Hall–Kier alpha value is -1.76. The van der Waals surface area contributed by atoms with E-state index in [1.54, 1.807) is 0 Å². The lowest BCUT2D eigenvalue weighted by molar-refractivity contribution is 0.0901.